The van der Waals surface area contributed by atoms with Gasteiger partial charge < -0.3 is 20.6 Å². The van der Waals surface area contributed by atoms with Crippen LogP contribution in [0.5, 0.6) is 0 Å². The van der Waals surface area contributed by atoms with Crippen molar-refractivity contribution in [2.75, 3.05) is 5.32 Å². The highest BCUT2D eigenvalue weighted by Crippen LogP contribution is 2.19. The van der Waals surface area contributed by atoms with Gasteiger partial charge in [0.05, 0.1) is 0 Å². The van der Waals surface area contributed by atoms with Crippen LogP contribution in [0.1, 0.15) is 12.5 Å². The van der Waals surface area contributed by atoms with Crippen LogP contribution in [0.25, 0.3) is 10.9 Å². The van der Waals surface area contributed by atoms with Crippen molar-refractivity contribution in [3.05, 3.63) is 58.8 Å². The summed E-state index contributed by atoms with van der Waals surface area (Å²) < 4.78 is 1.51. The fourth-order valence-electron chi connectivity index (χ4n) is 2.70. The molecule has 0 unspecified atom stereocenters. The van der Waals surface area contributed by atoms with Gasteiger partial charge in [0.1, 0.15) is 6.04 Å². The predicted molar refractivity (Wildman–Crippen MR) is 92.8 cm³/mol. The van der Waals surface area contributed by atoms with Crippen LogP contribution in [-0.2, 0) is 17.8 Å². The summed E-state index contributed by atoms with van der Waals surface area (Å²) in [6, 6.07) is 7.09. The maximum Gasteiger partial charge on any atom is 0.293 e. The van der Waals surface area contributed by atoms with Gasteiger partial charge in [-0.3, -0.25) is 9.59 Å². The molecule has 2 heterocycles. The molecule has 7 heteroatoms. The molecular weight excluding hydrogens is 306 g/mol. The summed E-state index contributed by atoms with van der Waals surface area (Å²) in [7, 11) is 0. The van der Waals surface area contributed by atoms with Crippen molar-refractivity contribution < 1.29 is 4.79 Å². The van der Waals surface area contributed by atoms with E-state index in [2.05, 4.69) is 15.3 Å². The fourth-order valence-corrected chi connectivity index (χ4v) is 2.70. The van der Waals surface area contributed by atoms with Crippen molar-refractivity contribution >= 4 is 22.6 Å². The van der Waals surface area contributed by atoms with Gasteiger partial charge in [0.2, 0.25) is 5.91 Å². The van der Waals surface area contributed by atoms with Gasteiger partial charge >= 0.3 is 0 Å². The molecule has 1 atom stereocenters. The SMILES string of the molecule is CCn1ccnc(N[C@@H](Cc2c[nH]c3ccccc23)C(N)=O)c1=O. The number of hydrogen-bond donors (Lipinski definition) is 3. The molecule has 0 saturated carbocycles. The minimum absolute atomic E-state index is 0.128. The summed E-state index contributed by atoms with van der Waals surface area (Å²) >= 11 is 0. The number of nitrogens with two attached hydrogens (primary N) is 1. The molecule has 1 aromatic carbocycles. The molecule has 0 radical (unpaired) electrons. The molecule has 0 aliphatic heterocycles. The lowest BCUT2D eigenvalue weighted by molar-refractivity contribution is -0.118. The van der Waals surface area contributed by atoms with Crippen molar-refractivity contribution in [1.29, 1.82) is 0 Å². The third-order valence-electron chi connectivity index (χ3n) is 4.01. The molecule has 0 fully saturated rings. The number of para-hydroxylation sites is 1. The van der Waals surface area contributed by atoms with Crippen LogP contribution >= 0.6 is 0 Å². The van der Waals surface area contributed by atoms with Gasteiger partial charge in [-0.1, -0.05) is 18.2 Å². The van der Waals surface area contributed by atoms with Crippen molar-refractivity contribution in [3.63, 3.8) is 0 Å². The molecule has 124 valence electrons. The molecule has 1 amide bonds. The maximum atomic E-state index is 12.3. The van der Waals surface area contributed by atoms with Crippen LogP contribution in [0.15, 0.2) is 47.7 Å². The summed E-state index contributed by atoms with van der Waals surface area (Å²) in [6.07, 6.45) is 5.34. The Labute approximate surface area is 138 Å². The van der Waals surface area contributed by atoms with E-state index < -0.39 is 11.9 Å². The van der Waals surface area contributed by atoms with Crippen molar-refractivity contribution in [1.82, 2.24) is 14.5 Å². The van der Waals surface area contributed by atoms with Gasteiger partial charge in [0, 0.05) is 42.5 Å². The van der Waals surface area contributed by atoms with E-state index in [1.165, 1.54) is 10.8 Å². The quantitative estimate of drug-likeness (QED) is 0.634. The second kappa shape index (κ2) is 6.57. The average molecular weight is 325 g/mol. The minimum Gasteiger partial charge on any atom is -0.368 e. The number of amides is 1. The Balaban J connectivity index is 1.89. The van der Waals surface area contributed by atoms with Gasteiger partial charge in [0.25, 0.3) is 5.56 Å². The number of hydrogen-bond acceptors (Lipinski definition) is 4. The number of primary amides is 1. The summed E-state index contributed by atoms with van der Waals surface area (Å²) in [5, 5.41) is 3.92. The van der Waals surface area contributed by atoms with Gasteiger partial charge in [0.15, 0.2) is 5.82 Å². The van der Waals surface area contributed by atoms with Crippen molar-refractivity contribution in [2.24, 2.45) is 5.73 Å². The number of carbonyl (C=O) groups is 1. The number of rotatable bonds is 6. The van der Waals surface area contributed by atoms with E-state index in [0.717, 1.165) is 16.5 Å². The molecule has 0 bridgehead atoms. The molecular formula is C17H19N5O2. The third-order valence-corrected chi connectivity index (χ3v) is 4.01. The second-order valence-electron chi connectivity index (χ2n) is 5.53. The van der Waals surface area contributed by atoms with Gasteiger partial charge in [-0.15, -0.1) is 0 Å². The third kappa shape index (κ3) is 3.01. The van der Waals surface area contributed by atoms with Crippen LogP contribution < -0.4 is 16.6 Å². The van der Waals surface area contributed by atoms with E-state index >= 15 is 0 Å². The average Bonchev–Trinajstić information content (AvgIpc) is 2.99. The first-order chi connectivity index (χ1) is 11.6. The normalized spacial score (nSPS) is 12.2. The Hall–Kier alpha value is -3.09. The zero-order chi connectivity index (χ0) is 17.1. The van der Waals surface area contributed by atoms with E-state index in [9.17, 15) is 9.59 Å². The molecule has 7 nitrogen and oxygen atoms in total. The highest BCUT2D eigenvalue weighted by atomic mass is 16.1. The van der Waals surface area contributed by atoms with Crippen molar-refractivity contribution in [3.8, 4) is 0 Å². The first kappa shape index (κ1) is 15.8. The summed E-state index contributed by atoms with van der Waals surface area (Å²) in [5.41, 5.74) is 7.18. The number of anilines is 1. The smallest absolute Gasteiger partial charge is 0.293 e. The molecule has 0 aliphatic rings. The highest BCUT2D eigenvalue weighted by Gasteiger charge is 2.20. The van der Waals surface area contributed by atoms with Crippen LogP contribution in [0, 0.1) is 0 Å². The standard InChI is InChI=1S/C17H19N5O2/c1-2-22-8-7-19-16(17(22)24)21-14(15(18)23)9-11-10-20-13-6-4-3-5-12(11)13/h3-8,10,14,20H,2,9H2,1H3,(H2,18,23)(H,19,21)/t14-/m0/s1. The number of aryl methyl sites for hydroxylation is 1. The van der Waals surface area contributed by atoms with Gasteiger partial charge in [-0.25, -0.2) is 4.98 Å². The summed E-state index contributed by atoms with van der Waals surface area (Å²) in [6.45, 7) is 2.39. The molecule has 4 N–H and O–H groups in total. The largest absolute Gasteiger partial charge is 0.368 e. The fraction of sp³-hybridized carbons (Fsp3) is 0.235. The maximum absolute atomic E-state index is 12.3. The molecule has 0 spiro atoms. The Morgan fingerprint density at radius 3 is 2.96 bits per heavy atom. The Kier molecular flexibility index (Phi) is 4.33. The van der Waals surface area contributed by atoms with E-state index in [-0.39, 0.29) is 11.4 Å². The highest BCUT2D eigenvalue weighted by molar-refractivity contribution is 5.86. The van der Waals surface area contributed by atoms with E-state index in [4.69, 9.17) is 5.73 Å². The number of nitrogens with zero attached hydrogens (tertiary/aromatic N) is 2. The number of benzene rings is 1. The first-order valence-corrected chi connectivity index (χ1v) is 7.76. The number of aromatic amines is 1. The minimum atomic E-state index is -0.725. The predicted octanol–water partition coefficient (Wildman–Crippen LogP) is 1.25. The lowest BCUT2D eigenvalue weighted by atomic mass is 10.0. The van der Waals surface area contributed by atoms with Crippen LogP contribution in [0.4, 0.5) is 5.82 Å². The van der Waals surface area contributed by atoms with Crippen LogP contribution in [-0.4, -0.2) is 26.5 Å². The monoisotopic (exact) mass is 325 g/mol. The van der Waals surface area contributed by atoms with Gasteiger partial charge in [-0.2, -0.15) is 0 Å². The molecule has 0 saturated heterocycles. The molecule has 3 aromatic rings. The Morgan fingerprint density at radius 1 is 1.42 bits per heavy atom. The lowest BCUT2D eigenvalue weighted by Gasteiger charge is -2.16. The zero-order valence-electron chi connectivity index (χ0n) is 13.3. The lowest BCUT2D eigenvalue weighted by Crippen LogP contribution is -2.39. The van der Waals surface area contributed by atoms with E-state index in [1.54, 1.807) is 6.20 Å². The van der Waals surface area contributed by atoms with Crippen LogP contribution in [0.3, 0.4) is 0 Å². The number of aromatic nitrogens is 3. The van der Waals surface area contributed by atoms with Crippen molar-refractivity contribution in [2.45, 2.75) is 25.9 Å². The zero-order valence-corrected chi connectivity index (χ0v) is 13.3. The summed E-state index contributed by atoms with van der Waals surface area (Å²) in [5.74, 6) is -0.406. The summed E-state index contributed by atoms with van der Waals surface area (Å²) in [4.78, 5) is 31.3. The number of carbonyl (C=O) groups excluding carboxylic acids is 1. The topological polar surface area (TPSA) is 106 Å². The second-order valence-corrected chi connectivity index (χ2v) is 5.53. The molecule has 2 aromatic heterocycles. The number of nitrogens with one attached hydrogen (secondary N) is 2. The molecule has 24 heavy (non-hydrogen) atoms. The van der Waals surface area contributed by atoms with Crippen LogP contribution in [0.2, 0.25) is 0 Å². The molecule has 0 aliphatic carbocycles. The Bertz CT molecular complexity index is 928. The number of H-pyrrole nitrogens is 1. The van der Waals surface area contributed by atoms with E-state index in [1.807, 2.05) is 37.4 Å². The number of fused-ring (bicyclic) bond motifs is 1. The first-order valence-electron chi connectivity index (χ1n) is 7.76. The van der Waals surface area contributed by atoms with Gasteiger partial charge in [-0.05, 0) is 18.6 Å². The molecule has 3 rings (SSSR count). The van der Waals surface area contributed by atoms with E-state index in [0.29, 0.717) is 13.0 Å². The Morgan fingerprint density at radius 2 is 2.21 bits per heavy atom.